The molecule has 0 aliphatic carbocycles. The normalized spacial score (nSPS) is 15.2. The molecule has 2 aromatic carbocycles. The molecule has 168 valence electrons. The molecule has 0 unspecified atom stereocenters. The van der Waals surface area contributed by atoms with Gasteiger partial charge in [-0.1, -0.05) is 23.8 Å². The number of anilines is 1. The summed E-state index contributed by atoms with van der Waals surface area (Å²) in [5, 5.41) is 2.68. The van der Waals surface area contributed by atoms with Gasteiger partial charge in [-0.15, -0.1) is 0 Å². The SMILES string of the molecule is CCOc1cccc(N2C(=O)C(=Cc3cc(C)n(-c4ccc(C)cc4)c3C)C(=O)NC2=S)c1. The number of amides is 2. The van der Waals surface area contributed by atoms with Crippen LogP contribution >= 0.6 is 12.2 Å². The summed E-state index contributed by atoms with van der Waals surface area (Å²) in [7, 11) is 0. The molecule has 0 spiro atoms. The van der Waals surface area contributed by atoms with Gasteiger partial charge in [0.2, 0.25) is 0 Å². The van der Waals surface area contributed by atoms with Crippen LogP contribution in [0.25, 0.3) is 11.8 Å². The molecule has 1 aromatic heterocycles. The van der Waals surface area contributed by atoms with Crippen molar-refractivity contribution in [2.45, 2.75) is 27.7 Å². The topological polar surface area (TPSA) is 63.6 Å². The predicted molar refractivity (Wildman–Crippen MR) is 134 cm³/mol. The zero-order valence-electron chi connectivity index (χ0n) is 19.0. The second-order valence-corrected chi connectivity index (χ2v) is 8.27. The van der Waals surface area contributed by atoms with Gasteiger partial charge >= 0.3 is 0 Å². The van der Waals surface area contributed by atoms with Crippen molar-refractivity contribution in [2.24, 2.45) is 0 Å². The van der Waals surface area contributed by atoms with Gasteiger partial charge < -0.3 is 9.30 Å². The van der Waals surface area contributed by atoms with Crippen molar-refractivity contribution in [2.75, 3.05) is 11.5 Å². The summed E-state index contributed by atoms with van der Waals surface area (Å²) in [5.74, 6) is -0.366. The maximum absolute atomic E-state index is 13.4. The maximum atomic E-state index is 13.4. The molecule has 0 bridgehead atoms. The molecule has 6 nitrogen and oxygen atoms in total. The van der Waals surface area contributed by atoms with Crippen LogP contribution in [0.2, 0.25) is 0 Å². The number of aromatic nitrogens is 1. The number of rotatable bonds is 5. The number of carbonyl (C=O) groups is 2. The molecule has 0 saturated carbocycles. The van der Waals surface area contributed by atoms with Crippen LogP contribution in [0.4, 0.5) is 5.69 Å². The van der Waals surface area contributed by atoms with Gasteiger partial charge in [0.15, 0.2) is 5.11 Å². The lowest BCUT2D eigenvalue weighted by Crippen LogP contribution is -2.54. The number of nitrogens with one attached hydrogen (secondary N) is 1. The fraction of sp³-hybridized carbons (Fsp3) is 0.192. The fourth-order valence-electron chi connectivity index (χ4n) is 3.95. The molecule has 3 aromatic rings. The Morgan fingerprint density at radius 3 is 2.42 bits per heavy atom. The minimum atomic E-state index is -0.512. The van der Waals surface area contributed by atoms with Gasteiger partial charge in [0.05, 0.1) is 12.3 Å². The molecule has 0 radical (unpaired) electrons. The Labute approximate surface area is 198 Å². The Morgan fingerprint density at radius 1 is 1.00 bits per heavy atom. The van der Waals surface area contributed by atoms with Crippen molar-refractivity contribution in [3.05, 3.63) is 82.7 Å². The Kier molecular flexibility index (Phi) is 6.16. The van der Waals surface area contributed by atoms with Crippen molar-refractivity contribution >= 4 is 40.9 Å². The first-order valence-corrected chi connectivity index (χ1v) is 11.1. The van der Waals surface area contributed by atoms with Gasteiger partial charge in [-0.3, -0.25) is 19.8 Å². The van der Waals surface area contributed by atoms with E-state index in [0.29, 0.717) is 18.0 Å². The third kappa shape index (κ3) is 4.32. The van der Waals surface area contributed by atoms with E-state index in [9.17, 15) is 9.59 Å². The monoisotopic (exact) mass is 459 g/mol. The number of benzene rings is 2. The fourth-order valence-corrected chi connectivity index (χ4v) is 4.23. The summed E-state index contributed by atoms with van der Waals surface area (Å²) >= 11 is 5.31. The zero-order chi connectivity index (χ0) is 23.7. The number of aryl methyl sites for hydroxylation is 2. The lowest BCUT2D eigenvalue weighted by atomic mass is 10.1. The Balaban J connectivity index is 1.73. The number of carbonyl (C=O) groups excluding carboxylic acids is 2. The van der Waals surface area contributed by atoms with E-state index in [-0.39, 0.29) is 10.7 Å². The molecule has 33 heavy (non-hydrogen) atoms. The van der Waals surface area contributed by atoms with Crippen LogP contribution in [-0.2, 0) is 9.59 Å². The smallest absolute Gasteiger partial charge is 0.270 e. The minimum Gasteiger partial charge on any atom is -0.494 e. The first-order chi connectivity index (χ1) is 15.8. The summed E-state index contributed by atoms with van der Waals surface area (Å²) in [4.78, 5) is 27.4. The second kappa shape index (κ2) is 9.03. The highest BCUT2D eigenvalue weighted by Crippen LogP contribution is 2.28. The first kappa shape index (κ1) is 22.5. The van der Waals surface area contributed by atoms with Crippen LogP contribution in [0, 0.1) is 20.8 Å². The van der Waals surface area contributed by atoms with Gasteiger partial charge in [-0.25, -0.2) is 0 Å². The molecular formula is C26H25N3O3S. The zero-order valence-corrected chi connectivity index (χ0v) is 19.8. The molecule has 1 N–H and O–H groups in total. The van der Waals surface area contributed by atoms with Crippen LogP contribution in [0.5, 0.6) is 5.75 Å². The molecule has 1 aliphatic heterocycles. The Hall–Kier alpha value is -3.71. The van der Waals surface area contributed by atoms with Crippen LogP contribution in [0.1, 0.15) is 29.4 Å². The van der Waals surface area contributed by atoms with Gasteiger partial charge in [-0.2, -0.15) is 0 Å². The Morgan fingerprint density at radius 2 is 1.73 bits per heavy atom. The number of thiocarbonyl (C=S) groups is 1. The summed E-state index contributed by atoms with van der Waals surface area (Å²) in [6.45, 7) is 8.40. The molecule has 4 rings (SSSR count). The van der Waals surface area contributed by atoms with Crippen molar-refractivity contribution in [3.63, 3.8) is 0 Å². The summed E-state index contributed by atoms with van der Waals surface area (Å²) in [6.07, 6.45) is 1.63. The van der Waals surface area contributed by atoms with E-state index >= 15 is 0 Å². The number of hydrogen-bond donors (Lipinski definition) is 1. The quantitative estimate of drug-likeness (QED) is 0.343. The molecular weight excluding hydrogens is 434 g/mol. The van der Waals surface area contributed by atoms with Crippen LogP contribution < -0.4 is 15.0 Å². The molecule has 0 atom stereocenters. The third-order valence-corrected chi connectivity index (χ3v) is 5.84. The van der Waals surface area contributed by atoms with E-state index in [0.717, 1.165) is 22.6 Å². The van der Waals surface area contributed by atoms with E-state index in [4.69, 9.17) is 17.0 Å². The van der Waals surface area contributed by atoms with E-state index in [1.165, 1.54) is 10.5 Å². The molecule has 1 saturated heterocycles. The van der Waals surface area contributed by atoms with Crippen molar-refractivity contribution in [1.29, 1.82) is 0 Å². The molecule has 2 amide bonds. The Bertz CT molecular complexity index is 1290. The van der Waals surface area contributed by atoms with E-state index in [2.05, 4.69) is 34.1 Å². The number of hydrogen-bond acceptors (Lipinski definition) is 4. The van der Waals surface area contributed by atoms with E-state index < -0.39 is 11.8 Å². The molecule has 2 heterocycles. The van der Waals surface area contributed by atoms with Crippen LogP contribution in [0.3, 0.4) is 0 Å². The molecule has 1 aliphatic rings. The minimum absolute atomic E-state index is 0.0227. The molecule has 7 heteroatoms. The van der Waals surface area contributed by atoms with Gasteiger partial charge in [0, 0.05) is 23.1 Å². The lowest BCUT2D eigenvalue weighted by molar-refractivity contribution is -0.122. The highest BCUT2D eigenvalue weighted by Gasteiger charge is 2.35. The average Bonchev–Trinajstić information content (AvgIpc) is 3.05. The predicted octanol–water partition coefficient (Wildman–Crippen LogP) is 4.63. The second-order valence-electron chi connectivity index (χ2n) is 7.89. The van der Waals surface area contributed by atoms with Gasteiger partial charge in [-0.05, 0) is 81.9 Å². The molecule has 1 fully saturated rings. The van der Waals surface area contributed by atoms with Crippen molar-refractivity contribution in [1.82, 2.24) is 9.88 Å². The number of ether oxygens (including phenoxy) is 1. The summed E-state index contributed by atoms with van der Waals surface area (Å²) < 4.78 is 7.65. The van der Waals surface area contributed by atoms with E-state index in [1.54, 1.807) is 30.3 Å². The van der Waals surface area contributed by atoms with Gasteiger partial charge in [0.1, 0.15) is 11.3 Å². The van der Waals surface area contributed by atoms with Crippen molar-refractivity contribution in [3.8, 4) is 11.4 Å². The highest BCUT2D eigenvalue weighted by molar-refractivity contribution is 7.80. The standard InChI is InChI=1S/C26H25N3O3S/c1-5-32-22-8-6-7-21(15-22)29-25(31)23(24(30)27-26(29)33)14-19-13-17(3)28(18(19)4)20-11-9-16(2)10-12-20/h6-15H,5H2,1-4H3,(H,27,30,33). The maximum Gasteiger partial charge on any atom is 0.270 e. The van der Waals surface area contributed by atoms with E-state index in [1.807, 2.05) is 33.8 Å². The van der Waals surface area contributed by atoms with Crippen LogP contribution in [0.15, 0.2) is 60.2 Å². The number of nitrogens with zero attached hydrogens (tertiary/aromatic N) is 2. The lowest BCUT2D eigenvalue weighted by Gasteiger charge is -2.29. The van der Waals surface area contributed by atoms with Crippen molar-refractivity contribution < 1.29 is 14.3 Å². The average molecular weight is 460 g/mol. The van der Waals surface area contributed by atoms with Gasteiger partial charge in [0.25, 0.3) is 11.8 Å². The first-order valence-electron chi connectivity index (χ1n) is 10.7. The highest BCUT2D eigenvalue weighted by atomic mass is 32.1. The summed E-state index contributed by atoms with van der Waals surface area (Å²) in [5.41, 5.74) is 5.49. The largest absolute Gasteiger partial charge is 0.494 e. The van der Waals surface area contributed by atoms with Crippen LogP contribution in [-0.4, -0.2) is 28.1 Å². The summed E-state index contributed by atoms with van der Waals surface area (Å²) in [6, 6.07) is 17.3. The third-order valence-electron chi connectivity index (χ3n) is 5.55.